The molecule has 0 saturated heterocycles. The third-order valence-electron chi connectivity index (χ3n) is 3.38. The van der Waals surface area contributed by atoms with Gasteiger partial charge < -0.3 is 15.4 Å². The van der Waals surface area contributed by atoms with Gasteiger partial charge in [-0.2, -0.15) is 4.98 Å². The van der Waals surface area contributed by atoms with Crippen LogP contribution in [0.3, 0.4) is 0 Å². The summed E-state index contributed by atoms with van der Waals surface area (Å²) in [7, 11) is 1.63. The van der Waals surface area contributed by atoms with Crippen LogP contribution in [0.15, 0.2) is 30.5 Å². The van der Waals surface area contributed by atoms with Crippen molar-refractivity contribution in [2.24, 2.45) is 0 Å². The van der Waals surface area contributed by atoms with Crippen LogP contribution in [0.5, 0.6) is 0 Å². The Hall–Kier alpha value is -2.74. The molecule has 8 heteroatoms. The highest BCUT2D eigenvalue weighted by Gasteiger charge is 2.26. The van der Waals surface area contributed by atoms with E-state index in [9.17, 15) is 10.1 Å². The van der Waals surface area contributed by atoms with E-state index in [0.29, 0.717) is 12.6 Å². The van der Waals surface area contributed by atoms with Gasteiger partial charge in [-0.05, 0) is 30.5 Å². The Morgan fingerprint density at radius 1 is 1.43 bits per heavy atom. The first kappa shape index (κ1) is 15.2. The molecular weight excluding hydrogens is 298 g/mol. The number of hydrogen-bond donors (Lipinski definition) is 2. The lowest BCUT2D eigenvalue weighted by atomic mass is 10.2. The molecule has 0 atom stereocenters. The van der Waals surface area contributed by atoms with Crippen LogP contribution in [0.4, 0.5) is 23.1 Å². The smallest absolute Gasteiger partial charge is 0.329 e. The van der Waals surface area contributed by atoms with Crippen molar-refractivity contribution in [1.82, 2.24) is 9.97 Å². The highest BCUT2D eigenvalue weighted by molar-refractivity contribution is 5.61. The van der Waals surface area contributed by atoms with Gasteiger partial charge in [0.1, 0.15) is 6.20 Å². The molecule has 0 amide bonds. The molecule has 120 valence electrons. The molecule has 1 heterocycles. The van der Waals surface area contributed by atoms with E-state index in [4.69, 9.17) is 4.74 Å². The first-order valence-corrected chi connectivity index (χ1v) is 7.28. The fourth-order valence-corrected chi connectivity index (χ4v) is 2.13. The van der Waals surface area contributed by atoms with Crippen LogP contribution in [0, 0.1) is 10.1 Å². The normalized spacial score (nSPS) is 13.6. The van der Waals surface area contributed by atoms with E-state index in [1.165, 1.54) is 6.20 Å². The third kappa shape index (κ3) is 3.92. The zero-order valence-corrected chi connectivity index (χ0v) is 12.7. The highest BCUT2D eigenvalue weighted by atomic mass is 16.6. The molecule has 1 fully saturated rings. The zero-order chi connectivity index (χ0) is 16.2. The Morgan fingerprint density at radius 3 is 2.96 bits per heavy atom. The van der Waals surface area contributed by atoms with E-state index >= 15 is 0 Å². The largest absolute Gasteiger partial charge is 0.380 e. The highest BCUT2D eigenvalue weighted by Crippen LogP contribution is 2.30. The Labute approximate surface area is 133 Å². The molecular formula is C15H17N5O3. The summed E-state index contributed by atoms with van der Waals surface area (Å²) < 4.78 is 5.10. The maximum Gasteiger partial charge on any atom is 0.329 e. The van der Waals surface area contributed by atoms with Crippen LogP contribution in [0.25, 0.3) is 0 Å². The molecule has 1 aromatic carbocycles. The molecule has 1 aromatic heterocycles. The molecule has 23 heavy (non-hydrogen) atoms. The Bertz CT molecular complexity index is 718. The number of nitrogens with one attached hydrogen (secondary N) is 2. The molecule has 2 aromatic rings. The van der Waals surface area contributed by atoms with Crippen molar-refractivity contribution in [3.63, 3.8) is 0 Å². The van der Waals surface area contributed by atoms with E-state index in [-0.39, 0.29) is 17.5 Å². The van der Waals surface area contributed by atoms with Gasteiger partial charge in [-0.15, -0.1) is 0 Å². The predicted molar refractivity (Wildman–Crippen MR) is 85.8 cm³/mol. The summed E-state index contributed by atoms with van der Waals surface area (Å²) in [6, 6.07) is 7.90. The van der Waals surface area contributed by atoms with Crippen molar-refractivity contribution in [2.75, 3.05) is 17.7 Å². The van der Waals surface area contributed by atoms with Crippen LogP contribution in [0.1, 0.15) is 18.4 Å². The summed E-state index contributed by atoms with van der Waals surface area (Å²) in [6.45, 7) is 0.505. The van der Waals surface area contributed by atoms with Gasteiger partial charge in [0, 0.05) is 18.8 Å². The average molecular weight is 315 g/mol. The van der Waals surface area contributed by atoms with Crippen molar-refractivity contribution in [3.8, 4) is 0 Å². The standard InChI is InChI=1S/C15H17N5O3/c1-23-9-10-3-2-4-12(7-10)18-15-16-8-13(20(21)22)14(19-15)17-11-5-6-11/h2-4,7-8,11H,5-6,9H2,1H3,(H2,16,17,18,19). The summed E-state index contributed by atoms with van der Waals surface area (Å²) in [5, 5.41) is 17.2. The summed E-state index contributed by atoms with van der Waals surface area (Å²) >= 11 is 0. The molecule has 1 aliphatic rings. The maximum absolute atomic E-state index is 11.1. The van der Waals surface area contributed by atoms with E-state index in [2.05, 4.69) is 20.6 Å². The molecule has 3 rings (SSSR count). The SMILES string of the molecule is COCc1cccc(Nc2ncc([N+](=O)[O-])c(NC3CC3)n2)c1. The van der Waals surface area contributed by atoms with Crippen LogP contribution in [-0.4, -0.2) is 28.0 Å². The number of benzene rings is 1. The van der Waals surface area contributed by atoms with Crippen LogP contribution < -0.4 is 10.6 Å². The third-order valence-corrected chi connectivity index (χ3v) is 3.38. The van der Waals surface area contributed by atoms with Gasteiger partial charge in [-0.25, -0.2) is 4.98 Å². The number of nitro groups is 1. The Balaban J connectivity index is 1.82. The molecule has 1 saturated carbocycles. The minimum atomic E-state index is -0.478. The molecule has 0 aliphatic heterocycles. The molecule has 2 N–H and O–H groups in total. The summed E-state index contributed by atoms with van der Waals surface area (Å²) in [5.41, 5.74) is 1.69. The van der Waals surface area contributed by atoms with Gasteiger partial charge in [-0.3, -0.25) is 10.1 Å². The van der Waals surface area contributed by atoms with Crippen molar-refractivity contribution < 1.29 is 9.66 Å². The first-order chi connectivity index (χ1) is 11.2. The summed E-state index contributed by atoms with van der Waals surface area (Å²) in [5.74, 6) is 0.566. The number of methoxy groups -OCH3 is 1. The van der Waals surface area contributed by atoms with Gasteiger partial charge in [-0.1, -0.05) is 12.1 Å². The van der Waals surface area contributed by atoms with Crippen LogP contribution >= 0.6 is 0 Å². The minimum absolute atomic E-state index is 0.115. The van der Waals surface area contributed by atoms with Gasteiger partial charge in [0.15, 0.2) is 0 Å². The van der Waals surface area contributed by atoms with E-state index in [0.717, 1.165) is 24.1 Å². The topological polar surface area (TPSA) is 102 Å². The summed E-state index contributed by atoms with van der Waals surface area (Å²) in [4.78, 5) is 18.8. The Morgan fingerprint density at radius 2 is 2.26 bits per heavy atom. The Kier molecular flexibility index (Phi) is 4.33. The monoisotopic (exact) mass is 315 g/mol. The quantitative estimate of drug-likeness (QED) is 0.598. The van der Waals surface area contributed by atoms with E-state index in [1.807, 2.05) is 24.3 Å². The maximum atomic E-state index is 11.1. The number of ether oxygens (including phenoxy) is 1. The van der Waals surface area contributed by atoms with E-state index < -0.39 is 4.92 Å². The first-order valence-electron chi connectivity index (χ1n) is 7.28. The van der Waals surface area contributed by atoms with Crippen molar-refractivity contribution in [1.29, 1.82) is 0 Å². The van der Waals surface area contributed by atoms with E-state index in [1.54, 1.807) is 7.11 Å². The number of nitrogens with zero attached hydrogens (tertiary/aromatic N) is 3. The number of rotatable bonds is 7. The molecule has 0 unspecified atom stereocenters. The molecule has 0 radical (unpaired) electrons. The molecule has 8 nitrogen and oxygen atoms in total. The lowest BCUT2D eigenvalue weighted by Gasteiger charge is -2.09. The van der Waals surface area contributed by atoms with Gasteiger partial charge >= 0.3 is 5.69 Å². The molecule has 0 spiro atoms. The van der Waals surface area contributed by atoms with Crippen LogP contribution in [0.2, 0.25) is 0 Å². The fraction of sp³-hybridized carbons (Fsp3) is 0.333. The number of anilines is 3. The van der Waals surface area contributed by atoms with Gasteiger partial charge in [0.25, 0.3) is 0 Å². The second kappa shape index (κ2) is 6.57. The van der Waals surface area contributed by atoms with Crippen molar-refractivity contribution >= 4 is 23.1 Å². The average Bonchev–Trinajstić information content (AvgIpc) is 3.32. The zero-order valence-electron chi connectivity index (χ0n) is 12.7. The van der Waals surface area contributed by atoms with Crippen molar-refractivity contribution in [3.05, 3.63) is 46.1 Å². The molecule has 0 bridgehead atoms. The van der Waals surface area contributed by atoms with Crippen molar-refractivity contribution in [2.45, 2.75) is 25.5 Å². The second-order valence-electron chi connectivity index (χ2n) is 5.36. The summed E-state index contributed by atoms with van der Waals surface area (Å²) in [6.07, 6.45) is 3.23. The lowest BCUT2D eigenvalue weighted by Crippen LogP contribution is -2.09. The van der Waals surface area contributed by atoms with Gasteiger partial charge in [0.05, 0.1) is 11.5 Å². The van der Waals surface area contributed by atoms with Crippen LogP contribution in [-0.2, 0) is 11.3 Å². The second-order valence-corrected chi connectivity index (χ2v) is 5.36. The number of aromatic nitrogens is 2. The van der Waals surface area contributed by atoms with Gasteiger partial charge in [0.2, 0.25) is 11.8 Å². The number of hydrogen-bond acceptors (Lipinski definition) is 7. The fourth-order valence-electron chi connectivity index (χ4n) is 2.13. The molecule has 1 aliphatic carbocycles. The minimum Gasteiger partial charge on any atom is -0.380 e. The lowest BCUT2D eigenvalue weighted by molar-refractivity contribution is -0.384. The predicted octanol–water partition coefficient (Wildman–Crippen LogP) is 2.85.